The highest BCUT2D eigenvalue weighted by Gasteiger charge is 2.13. The summed E-state index contributed by atoms with van der Waals surface area (Å²) >= 11 is 0. The van der Waals surface area contributed by atoms with Crippen molar-refractivity contribution in [3.8, 4) is 6.07 Å². The first-order valence-corrected chi connectivity index (χ1v) is 5.78. The summed E-state index contributed by atoms with van der Waals surface area (Å²) in [6.45, 7) is -0.207. The highest BCUT2D eigenvalue weighted by molar-refractivity contribution is 5.89. The zero-order valence-corrected chi connectivity index (χ0v) is 10.8. The molecule has 6 heteroatoms. The van der Waals surface area contributed by atoms with Crippen LogP contribution in [0.2, 0.25) is 0 Å². The number of aryl methyl sites for hydroxylation is 1. The highest BCUT2D eigenvalue weighted by atomic mass is 19.1. The monoisotopic (exact) mass is 273 g/mol. The lowest BCUT2D eigenvalue weighted by Gasteiger charge is -2.06. The summed E-state index contributed by atoms with van der Waals surface area (Å²) < 4.78 is 20.2. The Morgan fingerprint density at radius 2 is 2.25 bits per heavy atom. The summed E-state index contributed by atoms with van der Waals surface area (Å²) in [5, 5.41) is 8.64. The van der Waals surface area contributed by atoms with Crippen LogP contribution >= 0.6 is 0 Å². The molecule has 0 amide bonds. The fourth-order valence-corrected chi connectivity index (χ4v) is 1.74. The van der Waals surface area contributed by atoms with Crippen LogP contribution in [0.25, 0.3) is 0 Å². The molecule has 0 aliphatic carbocycles. The second kappa shape index (κ2) is 5.45. The molecule has 2 N–H and O–H groups in total. The Kier molecular flexibility index (Phi) is 3.71. The van der Waals surface area contributed by atoms with Gasteiger partial charge in [0.2, 0.25) is 0 Å². The van der Waals surface area contributed by atoms with E-state index in [4.69, 9.17) is 15.7 Å². The van der Waals surface area contributed by atoms with Crippen LogP contribution in [0.3, 0.4) is 0 Å². The van der Waals surface area contributed by atoms with Gasteiger partial charge in [-0.2, -0.15) is 5.26 Å². The zero-order chi connectivity index (χ0) is 14.7. The smallest absolute Gasteiger partial charge is 0.355 e. The van der Waals surface area contributed by atoms with Crippen molar-refractivity contribution >= 4 is 11.7 Å². The van der Waals surface area contributed by atoms with Gasteiger partial charge < -0.3 is 15.0 Å². The fourth-order valence-electron chi connectivity index (χ4n) is 1.74. The van der Waals surface area contributed by atoms with Crippen LogP contribution in [0.4, 0.5) is 10.1 Å². The second-order valence-corrected chi connectivity index (χ2v) is 4.26. The predicted molar refractivity (Wildman–Crippen MR) is 70.1 cm³/mol. The Hall–Kier alpha value is -2.81. The van der Waals surface area contributed by atoms with Crippen molar-refractivity contribution in [1.82, 2.24) is 4.57 Å². The van der Waals surface area contributed by atoms with Crippen molar-refractivity contribution in [1.29, 1.82) is 5.26 Å². The van der Waals surface area contributed by atoms with E-state index in [2.05, 4.69) is 0 Å². The average Bonchev–Trinajstić information content (AvgIpc) is 2.76. The summed E-state index contributed by atoms with van der Waals surface area (Å²) in [4.78, 5) is 11.8. The van der Waals surface area contributed by atoms with Gasteiger partial charge in [0.05, 0.1) is 17.3 Å². The van der Waals surface area contributed by atoms with E-state index in [0.717, 1.165) is 6.07 Å². The van der Waals surface area contributed by atoms with Crippen molar-refractivity contribution in [2.75, 3.05) is 5.73 Å². The number of esters is 1. The number of hydrogen-bond donors (Lipinski definition) is 1. The van der Waals surface area contributed by atoms with Gasteiger partial charge >= 0.3 is 5.97 Å². The number of nitrogens with two attached hydrogens (primary N) is 1. The quantitative estimate of drug-likeness (QED) is 0.867. The number of hydrogen-bond acceptors (Lipinski definition) is 4. The summed E-state index contributed by atoms with van der Waals surface area (Å²) in [6, 6.07) is 7.30. The molecule has 2 rings (SSSR count). The number of nitriles is 1. The third kappa shape index (κ3) is 2.78. The molecule has 0 saturated heterocycles. The predicted octanol–water partition coefficient (Wildman–Crippen LogP) is 1.98. The molecule has 102 valence electrons. The number of carbonyl (C=O) groups is 1. The Morgan fingerprint density at radius 1 is 1.50 bits per heavy atom. The standard InChI is InChI=1S/C14H12FN3O2/c1-18-7-11(17)5-13(18)14(19)20-8-10-3-2-9(6-16)4-12(10)15/h2-5,7H,8,17H2,1H3. The van der Waals surface area contributed by atoms with E-state index < -0.39 is 11.8 Å². The number of halogens is 1. The Balaban J connectivity index is 2.08. The molecule has 2 aromatic rings. The first-order valence-electron chi connectivity index (χ1n) is 5.78. The molecule has 1 aromatic carbocycles. The number of anilines is 1. The van der Waals surface area contributed by atoms with Crippen LogP contribution in [0.1, 0.15) is 21.6 Å². The Bertz CT molecular complexity index is 701. The molecule has 0 aliphatic heterocycles. The SMILES string of the molecule is Cn1cc(N)cc1C(=O)OCc1ccc(C#N)cc1F. The van der Waals surface area contributed by atoms with E-state index in [1.54, 1.807) is 13.2 Å². The number of rotatable bonds is 3. The average molecular weight is 273 g/mol. The molecule has 0 atom stereocenters. The Morgan fingerprint density at radius 3 is 2.80 bits per heavy atom. The number of ether oxygens (including phenoxy) is 1. The molecule has 1 heterocycles. The number of carbonyl (C=O) groups excluding carboxylic acids is 1. The van der Waals surface area contributed by atoms with Crippen molar-refractivity contribution in [3.63, 3.8) is 0 Å². The van der Waals surface area contributed by atoms with Crippen LogP contribution in [0.5, 0.6) is 0 Å². The van der Waals surface area contributed by atoms with Crippen LogP contribution in [-0.4, -0.2) is 10.5 Å². The van der Waals surface area contributed by atoms with Crippen LogP contribution < -0.4 is 5.73 Å². The minimum atomic E-state index is -0.590. The molecular formula is C14H12FN3O2. The van der Waals surface area contributed by atoms with Gasteiger partial charge in [0.25, 0.3) is 0 Å². The van der Waals surface area contributed by atoms with Crippen LogP contribution in [0.15, 0.2) is 30.5 Å². The third-order valence-corrected chi connectivity index (χ3v) is 2.78. The summed E-state index contributed by atoms with van der Waals surface area (Å²) in [6.07, 6.45) is 1.58. The molecular weight excluding hydrogens is 261 g/mol. The highest BCUT2D eigenvalue weighted by Crippen LogP contribution is 2.14. The van der Waals surface area contributed by atoms with Gasteiger partial charge in [0.15, 0.2) is 0 Å². The minimum Gasteiger partial charge on any atom is -0.456 e. The van der Waals surface area contributed by atoms with Crippen LogP contribution in [0, 0.1) is 17.1 Å². The van der Waals surface area contributed by atoms with E-state index >= 15 is 0 Å². The maximum absolute atomic E-state index is 13.6. The lowest BCUT2D eigenvalue weighted by Crippen LogP contribution is -2.10. The van der Waals surface area contributed by atoms with E-state index in [9.17, 15) is 9.18 Å². The molecule has 0 unspecified atom stereocenters. The van der Waals surface area contributed by atoms with E-state index in [-0.39, 0.29) is 23.4 Å². The van der Waals surface area contributed by atoms with Gasteiger partial charge in [-0.15, -0.1) is 0 Å². The lowest BCUT2D eigenvalue weighted by atomic mass is 10.1. The number of aromatic nitrogens is 1. The molecule has 5 nitrogen and oxygen atoms in total. The summed E-state index contributed by atoms with van der Waals surface area (Å²) in [5.74, 6) is -1.17. The normalized spacial score (nSPS) is 10.1. The molecule has 0 aliphatic rings. The lowest BCUT2D eigenvalue weighted by molar-refractivity contribution is 0.0458. The summed E-state index contributed by atoms with van der Waals surface area (Å²) in [7, 11) is 1.66. The van der Waals surface area contributed by atoms with Crippen LogP contribution in [-0.2, 0) is 18.4 Å². The van der Waals surface area contributed by atoms with Gasteiger partial charge in [0, 0.05) is 18.8 Å². The molecule has 20 heavy (non-hydrogen) atoms. The van der Waals surface area contributed by atoms with Gasteiger partial charge in [-0.05, 0) is 18.2 Å². The minimum absolute atomic E-state index is 0.207. The molecule has 0 radical (unpaired) electrons. The first-order chi connectivity index (χ1) is 9.51. The van der Waals surface area contributed by atoms with E-state index in [0.29, 0.717) is 5.69 Å². The molecule has 0 spiro atoms. The zero-order valence-electron chi connectivity index (χ0n) is 10.8. The fraction of sp³-hybridized carbons (Fsp3) is 0.143. The third-order valence-electron chi connectivity index (χ3n) is 2.78. The maximum atomic E-state index is 13.6. The van der Waals surface area contributed by atoms with Gasteiger partial charge in [-0.25, -0.2) is 9.18 Å². The Labute approximate surface area is 115 Å². The first kappa shape index (κ1) is 13.6. The van der Waals surface area contributed by atoms with Gasteiger partial charge in [-0.3, -0.25) is 0 Å². The number of nitrogens with zero attached hydrogens (tertiary/aromatic N) is 2. The maximum Gasteiger partial charge on any atom is 0.355 e. The van der Waals surface area contributed by atoms with Crippen molar-refractivity contribution in [3.05, 3.63) is 53.1 Å². The summed E-state index contributed by atoms with van der Waals surface area (Å²) in [5.41, 5.74) is 6.72. The largest absolute Gasteiger partial charge is 0.456 e. The topological polar surface area (TPSA) is 81.0 Å². The molecule has 0 bridgehead atoms. The van der Waals surface area contributed by atoms with Gasteiger partial charge in [0.1, 0.15) is 18.1 Å². The molecule has 1 aromatic heterocycles. The molecule has 0 fully saturated rings. The van der Waals surface area contributed by atoms with E-state index in [1.165, 1.54) is 22.8 Å². The number of benzene rings is 1. The van der Waals surface area contributed by atoms with E-state index in [1.807, 2.05) is 6.07 Å². The second-order valence-electron chi connectivity index (χ2n) is 4.26. The van der Waals surface area contributed by atoms with Crippen molar-refractivity contribution in [2.45, 2.75) is 6.61 Å². The van der Waals surface area contributed by atoms with Gasteiger partial charge in [-0.1, -0.05) is 6.07 Å². The number of nitrogen functional groups attached to an aromatic ring is 1. The van der Waals surface area contributed by atoms with Crippen molar-refractivity contribution in [2.24, 2.45) is 7.05 Å². The van der Waals surface area contributed by atoms with Crippen molar-refractivity contribution < 1.29 is 13.9 Å². The molecule has 0 saturated carbocycles.